The van der Waals surface area contributed by atoms with Crippen LogP contribution in [0.25, 0.3) is 11.0 Å². The fourth-order valence-corrected chi connectivity index (χ4v) is 2.54. The van der Waals surface area contributed by atoms with Crippen LogP contribution in [0.4, 0.5) is 0 Å². The number of nitrogens with zero attached hydrogens (tertiary/aromatic N) is 3. The zero-order chi connectivity index (χ0) is 14.1. The minimum Gasteiger partial charge on any atom is -0.444 e. The van der Waals surface area contributed by atoms with E-state index in [2.05, 4.69) is 33.6 Å². The average Bonchev–Trinajstić information content (AvgIpc) is 3.05. The minimum absolute atomic E-state index is 0.370. The predicted octanol–water partition coefficient (Wildman–Crippen LogP) is 3.68. The van der Waals surface area contributed by atoms with Crippen molar-refractivity contribution in [3.05, 3.63) is 47.4 Å². The molecule has 0 unspecified atom stereocenters. The van der Waals surface area contributed by atoms with Crippen LogP contribution in [0.15, 0.2) is 28.8 Å². The van der Waals surface area contributed by atoms with Crippen molar-refractivity contribution < 1.29 is 4.42 Å². The quantitative estimate of drug-likeness (QED) is 0.688. The molecule has 0 amide bonds. The SMILES string of the molecule is CCc1cnc(Cn2c(CCl)nc3c(C)cccc32)o1. The first kappa shape index (κ1) is 13.2. The van der Waals surface area contributed by atoms with Crippen molar-refractivity contribution in [3.63, 3.8) is 0 Å². The summed E-state index contributed by atoms with van der Waals surface area (Å²) in [5.41, 5.74) is 3.21. The van der Waals surface area contributed by atoms with Crippen molar-refractivity contribution in [2.24, 2.45) is 0 Å². The smallest absolute Gasteiger partial charge is 0.214 e. The van der Waals surface area contributed by atoms with E-state index < -0.39 is 0 Å². The summed E-state index contributed by atoms with van der Waals surface area (Å²) in [6.45, 7) is 4.66. The lowest BCUT2D eigenvalue weighted by Crippen LogP contribution is -2.04. The van der Waals surface area contributed by atoms with Gasteiger partial charge in [0.25, 0.3) is 0 Å². The fraction of sp³-hybridized carbons (Fsp3) is 0.333. The van der Waals surface area contributed by atoms with Crippen LogP contribution in [0.1, 0.15) is 30.0 Å². The summed E-state index contributed by atoms with van der Waals surface area (Å²) in [4.78, 5) is 8.92. The van der Waals surface area contributed by atoms with Crippen LogP contribution in [0.5, 0.6) is 0 Å². The summed E-state index contributed by atoms with van der Waals surface area (Å²) in [5, 5.41) is 0. The lowest BCUT2D eigenvalue weighted by molar-refractivity contribution is 0.446. The van der Waals surface area contributed by atoms with Crippen molar-refractivity contribution in [2.45, 2.75) is 32.7 Å². The molecular weight excluding hydrogens is 274 g/mol. The monoisotopic (exact) mass is 289 g/mol. The third-order valence-electron chi connectivity index (χ3n) is 3.42. The molecule has 0 N–H and O–H groups in total. The fourth-order valence-electron chi connectivity index (χ4n) is 2.33. The Morgan fingerprint density at radius 2 is 2.20 bits per heavy atom. The van der Waals surface area contributed by atoms with E-state index in [9.17, 15) is 0 Å². The van der Waals surface area contributed by atoms with Gasteiger partial charge in [0, 0.05) is 6.42 Å². The topological polar surface area (TPSA) is 43.9 Å². The number of hydrogen-bond acceptors (Lipinski definition) is 3. The summed E-state index contributed by atoms with van der Waals surface area (Å²) in [7, 11) is 0. The largest absolute Gasteiger partial charge is 0.444 e. The van der Waals surface area contributed by atoms with Gasteiger partial charge in [-0.15, -0.1) is 11.6 Å². The number of rotatable bonds is 4. The van der Waals surface area contributed by atoms with E-state index >= 15 is 0 Å². The average molecular weight is 290 g/mol. The molecule has 3 aromatic rings. The second-order valence-corrected chi connectivity index (χ2v) is 5.03. The number of alkyl halides is 1. The maximum Gasteiger partial charge on any atom is 0.214 e. The zero-order valence-electron chi connectivity index (χ0n) is 11.6. The Hall–Kier alpha value is -1.81. The Labute approximate surface area is 122 Å². The van der Waals surface area contributed by atoms with Crippen LogP contribution in [0, 0.1) is 6.92 Å². The van der Waals surface area contributed by atoms with Crippen LogP contribution >= 0.6 is 11.6 Å². The van der Waals surface area contributed by atoms with Crippen LogP contribution in [0.3, 0.4) is 0 Å². The van der Waals surface area contributed by atoms with E-state index in [1.807, 2.05) is 13.0 Å². The molecule has 0 fully saturated rings. The highest BCUT2D eigenvalue weighted by Crippen LogP contribution is 2.22. The van der Waals surface area contributed by atoms with Gasteiger partial charge in [-0.2, -0.15) is 0 Å². The highest BCUT2D eigenvalue weighted by Gasteiger charge is 2.13. The number of aromatic nitrogens is 3. The minimum atomic E-state index is 0.370. The van der Waals surface area contributed by atoms with E-state index in [-0.39, 0.29) is 0 Å². The first-order valence-electron chi connectivity index (χ1n) is 6.67. The van der Waals surface area contributed by atoms with Crippen molar-refractivity contribution in [1.82, 2.24) is 14.5 Å². The molecule has 2 heterocycles. The van der Waals surface area contributed by atoms with Crippen LogP contribution in [-0.2, 0) is 18.8 Å². The number of halogens is 1. The van der Waals surface area contributed by atoms with Gasteiger partial charge >= 0.3 is 0 Å². The van der Waals surface area contributed by atoms with Gasteiger partial charge in [-0.25, -0.2) is 9.97 Å². The number of para-hydroxylation sites is 1. The van der Waals surface area contributed by atoms with Gasteiger partial charge in [0.05, 0.1) is 23.1 Å². The van der Waals surface area contributed by atoms with Crippen molar-refractivity contribution >= 4 is 22.6 Å². The summed E-state index contributed by atoms with van der Waals surface area (Å²) < 4.78 is 7.75. The molecule has 104 valence electrons. The zero-order valence-corrected chi connectivity index (χ0v) is 12.3. The normalized spacial score (nSPS) is 11.3. The molecule has 5 heteroatoms. The molecule has 0 atom stereocenters. The number of imidazole rings is 1. The molecule has 0 aliphatic rings. The van der Waals surface area contributed by atoms with E-state index in [0.29, 0.717) is 18.3 Å². The molecule has 4 nitrogen and oxygen atoms in total. The van der Waals surface area contributed by atoms with E-state index in [1.54, 1.807) is 6.20 Å². The highest BCUT2D eigenvalue weighted by molar-refractivity contribution is 6.16. The van der Waals surface area contributed by atoms with Gasteiger partial charge in [0.15, 0.2) is 0 Å². The van der Waals surface area contributed by atoms with Crippen LogP contribution < -0.4 is 0 Å². The van der Waals surface area contributed by atoms with Crippen molar-refractivity contribution in [2.75, 3.05) is 0 Å². The van der Waals surface area contributed by atoms with Gasteiger partial charge in [0.2, 0.25) is 5.89 Å². The molecule has 0 saturated heterocycles. The summed E-state index contributed by atoms with van der Waals surface area (Å²) in [6, 6.07) is 6.13. The van der Waals surface area contributed by atoms with Gasteiger partial charge < -0.3 is 8.98 Å². The lowest BCUT2D eigenvalue weighted by Gasteiger charge is -2.04. The maximum absolute atomic E-state index is 6.02. The van der Waals surface area contributed by atoms with E-state index in [0.717, 1.165) is 34.6 Å². The van der Waals surface area contributed by atoms with Crippen LogP contribution in [-0.4, -0.2) is 14.5 Å². The summed E-state index contributed by atoms with van der Waals surface area (Å²) in [5.74, 6) is 2.80. The van der Waals surface area contributed by atoms with E-state index in [1.165, 1.54) is 0 Å². The third-order valence-corrected chi connectivity index (χ3v) is 3.66. The molecular formula is C15H16ClN3O. The number of benzene rings is 1. The molecule has 0 bridgehead atoms. The van der Waals surface area contributed by atoms with E-state index in [4.69, 9.17) is 16.0 Å². The lowest BCUT2D eigenvalue weighted by atomic mass is 10.2. The Bertz CT molecular complexity index is 745. The number of hydrogen-bond donors (Lipinski definition) is 0. The molecule has 2 aromatic heterocycles. The number of oxazole rings is 1. The second kappa shape index (κ2) is 5.29. The third kappa shape index (κ3) is 2.20. The highest BCUT2D eigenvalue weighted by atomic mass is 35.5. The summed E-state index contributed by atoms with van der Waals surface area (Å²) >= 11 is 6.02. The predicted molar refractivity (Wildman–Crippen MR) is 79.0 cm³/mol. The molecule has 0 saturated carbocycles. The maximum atomic E-state index is 6.02. The van der Waals surface area contributed by atoms with Crippen molar-refractivity contribution in [1.29, 1.82) is 0 Å². The Kier molecular flexibility index (Phi) is 3.49. The molecule has 3 rings (SSSR count). The van der Waals surface area contributed by atoms with Crippen molar-refractivity contribution in [3.8, 4) is 0 Å². The standard InChI is InChI=1S/C15H16ClN3O/c1-3-11-8-17-14(20-11)9-19-12-6-4-5-10(2)15(12)18-13(19)7-16/h4-6,8H,3,7,9H2,1-2H3. The van der Waals surface area contributed by atoms with Gasteiger partial charge in [-0.05, 0) is 18.6 Å². The van der Waals surface area contributed by atoms with Gasteiger partial charge in [-0.1, -0.05) is 19.1 Å². The Balaban J connectivity index is 2.07. The molecule has 0 spiro atoms. The molecule has 20 heavy (non-hydrogen) atoms. The van der Waals surface area contributed by atoms with Crippen LogP contribution in [0.2, 0.25) is 0 Å². The number of aryl methyl sites for hydroxylation is 2. The Morgan fingerprint density at radius 3 is 2.90 bits per heavy atom. The van der Waals surface area contributed by atoms with Gasteiger partial charge in [-0.3, -0.25) is 0 Å². The first-order valence-corrected chi connectivity index (χ1v) is 7.20. The Morgan fingerprint density at radius 1 is 1.35 bits per heavy atom. The first-order chi connectivity index (χ1) is 9.72. The number of fused-ring (bicyclic) bond motifs is 1. The van der Waals surface area contributed by atoms with Gasteiger partial charge in [0.1, 0.15) is 18.1 Å². The molecule has 1 aromatic carbocycles. The second-order valence-electron chi connectivity index (χ2n) is 4.76. The molecule has 0 aliphatic carbocycles. The summed E-state index contributed by atoms with van der Waals surface area (Å²) in [6.07, 6.45) is 2.62. The molecule has 0 aliphatic heterocycles. The molecule has 0 radical (unpaired) electrons.